The summed E-state index contributed by atoms with van der Waals surface area (Å²) in [5.74, 6) is 0.886. The van der Waals surface area contributed by atoms with E-state index in [9.17, 15) is 9.90 Å². The van der Waals surface area contributed by atoms with Crippen LogP contribution in [-0.4, -0.2) is 16.2 Å². The number of ether oxygens (including phenoxy) is 1. The number of aromatic nitrogens is 1. The van der Waals surface area contributed by atoms with Gasteiger partial charge in [-0.3, -0.25) is 0 Å². The van der Waals surface area contributed by atoms with E-state index < -0.39 is 5.97 Å². The predicted octanol–water partition coefficient (Wildman–Crippen LogP) is 7.47. The number of benzene rings is 3. The molecule has 1 heterocycles. The van der Waals surface area contributed by atoms with Crippen LogP contribution in [0.4, 0.5) is 0 Å². The average Bonchev–Trinajstić information content (AvgIpc) is 3.58. The van der Waals surface area contributed by atoms with Crippen LogP contribution in [0, 0.1) is 0 Å². The van der Waals surface area contributed by atoms with Gasteiger partial charge in [0.2, 0.25) is 0 Å². The standard InChI is InChI=1S/C26H19Cl2NO4/c27-21-5-2-6-22(28)23(21)24-20(25(33-29-24)16-7-8-16)14-32-19-11-9-15(10-12-19)17-3-1-4-18(13-17)26(30)31/h1-6,9-13,16H,7-8,14H2,(H,30,31). The summed E-state index contributed by atoms with van der Waals surface area (Å²) < 4.78 is 11.8. The number of carboxylic acid groups (broad SMARTS) is 1. The number of carbonyl (C=O) groups is 1. The fraction of sp³-hybridized carbons (Fsp3) is 0.154. The van der Waals surface area contributed by atoms with E-state index in [4.69, 9.17) is 32.5 Å². The molecule has 3 aromatic carbocycles. The Morgan fingerprint density at radius 3 is 2.36 bits per heavy atom. The molecule has 0 amide bonds. The van der Waals surface area contributed by atoms with Gasteiger partial charge < -0.3 is 14.4 Å². The van der Waals surface area contributed by atoms with Gasteiger partial charge in [-0.15, -0.1) is 0 Å². The summed E-state index contributed by atoms with van der Waals surface area (Å²) >= 11 is 12.8. The highest BCUT2D eigenvalue weighted by Crippen LogP contribution is 2.46. The topological polar surface area (TPSA) is 72.6 Å². The van der Waals surface area contributed by atoms with E-state index in [2.05, 4.69) is 5.16 Å². The first kappa shape index (κ1) is 21.6. The second-order valence-corrected chi connectivity index (χ2v) is 8.76. The fourth-order valence-electron chi connectivity index (χ4n) is 3.78. The maximum atomic E-state index is 11.2. The van der Waals surface area contributed by atoms with E-state index in [0.29, 0.717) is 33.0 Å². The van der Waals surface area contributed by atoms with Crippen LogP contribution in [0.25, 0.3) is 22.4 Å². The van der Waals surface area contributed by atoms with Gasteiger partial charge in [0.25, 0.3) is 0 Å². The van der Waals surface area contributed by atoms with Crippen molar-refractivity contribution >= 4 is 29.2 Å². The van der Waals surface area contributed by atoms with Crippen LogP contribution in [0.2, 0.25) is 10.0 Å². The number of halogens is 2. The van der Waals surface area contributed by atoms with E-state index in [1.807, 2.05) is 30.3 Å². The molecule has 33 heavy (non-hydrogen) atoms. The highest BCUT2D eigenvalue weighted by atomic mass is 35.5. The van der Waals surface area contributed by atoms with Crippen molar-refractivity contribution in [2.45, 2.75) is 25.4 Å². The molecular formula is C26H19Cl2NO4. The summed E-state index contributed by atoms with van der Waals surface area (Å²) in [4.78, 5) is 11.2. The van der Waals surface area contributed by atoms with Crippen molar-refractivity contribution in [1.82, 2.24) is 5.16 Å². The molecule has 0 saturated heterocycles. The minimum atomic E-state index is -0.952. The monoisotopic (exact) mass is 479 g/mol. The Morgan fingerprint density at radius 1 is 1.00 bits per heavy atom. The normalized spacial score (nSPS) is 13.2. The molecule has 1 aromatic heterocycles. The number of rotatable bonds is 7. The summed E-state index contributed by atoms with van der Waals surface area (Å²) in [6, 6.07) is 19.7. The lowest BCUT2D eigenvalue weighted by molar-refractivity contribution is 0.0697. The Bertz CT molecular complexity index is 1310. The average molecular weight is 480 g/mol. The molecule has 5 rings (SSSR count). The Kier molecular flexibility index (Phi) is 5.83. The summed E-state index contributed by atoms with van der Waals surface area (Å²) in [5.41, 5.74) is 4.08. The quantitative estimate of drug-likeness (QED) is 0.297. The Labute approximate surface area is 200 Å². The lowest BCUT2D eigenvalue weighted by Crippen LogP contribution is -2.00. The molecule has 4 aromatic rings. The van der Waals surface area contributed by atoms with Gasteiger partial charge in [-0.25, -0.2) is 4.79 Å². The van der Waals surface area contributed by atoms with Crippen LogP contribution >= 0.6 is 23.2 Å². The number of aromatic carboxylic acids is 1. The summed E-state index contributed by atoms with van der Waals surface area (Å²) in [6.07, 6.45) is 2.12. The molecule has 0 spiro atoms. The number of carboxylic acids is 1. The third-order valence-corrected chi connectivity index (χ3v) is 6.28. The van der Waals surface area contributed by atoms with Crippen LogP contribution in [0.5, 0.6) is 5.75 Å². The predicted molar refractivity (Wildman–Crippen MR) is 127 cm³/mol. The van der Waals surface area contributed by atoms with Crippen molar-refractivity contribution in [2.24, 2.45) is 0 Å². The van der Waals surface area contributed by atoms with E-state index in [0.717, 1.165) is 35.3 Å². The molecule has 1 saturated carbocycles. The van der Waals surface area contributed by atoms with Gasteiger partial charge in [0.1, 0.15) is 23.8 Å². The zero-order valence-electron chi connectivity index (χ0n) is 17.4. The summed E-state index contributed by atoms with van der Waals surface area (Å²) in [6.45, 7) is 0.264. The van der Waals surface area contributed by atoms with Gasteiger partial charge in [0, 0.05) is 11.5 Å². The zero-order chi connectivity index (χ0) is 22.9. The van der Waals surface area contributed by atoms with Crippen LogP contribution in [0.3, 0.4) is 0 Å². The first-order valence-electron chi connectivity index (χ1n) is 10.5. The summed E-state index contributed by atoms with van der Waals surface area (Å²) in [7, 11) is 0. The highest BCUT2D eigenvalue weighted by Gasteiger charge is 2.33. The number of hydrogen-bond donors (Lipinski definition) is 1. The number of nitrogens with zero attached hydrogens (tertiary/aromatic N) is 1. The fourth-order valence-corrected chi connectivity index (χ4v) is 4.36. The van der Waals surface area contributed by atoms with E-state index in [1.165, 1.54) is 0 Å². The minimum absolute atomic E-state index is 0.249. The van der Waals surface area contributed by atoms with Crippen LogP contribution in [-0.2, 0) is 6.61 Å². The maximum absolute atomic E-state index is 11.2. The van der Waals surface area contributed by atoms with Crippen molar-refractivity contribution in [3.05, 3.63) is 93.7 Å². The first-order chi connectivity index (χ1) is 16.0. The molecule has 1 aliphatic rings. The molecule has 0 unspecified atom stereocenters. The zero-order valence-corrected chi connectivity index (χ0v) is 18.9. The third kappa shape index (κ3) is 4.47. The first-order valence-corrected chi connectivity index (χ1v) is 11.3. The molecule has 0 atom stereocenters. The van der Waals surface area contributed by atoms with Gasteiger partial charge >= 0.3 is 5.97 Å². The molecule has 1 aliphatic carbocycles. The Balaban J connectivity index is 1.39. The highest BCUT2D eigenvalue weighted by molar-refractivity contribution is 6.39. The van der Waals surface area contributed by atoms with Crippen molar-refractivity contribution in [1.29, 1.82) is 0 Å². The smallest absolute Gasteiger partial charge is 0.335 e. The maximum Gasteiger partial charge on any atom is 0.335 e. The molecule has 7 heteroatoms. The molecule has 1 N–H and O–H groups in total. The SMILES string of the molecule is O=C(O)c1cccc(-c2ccc(OCc3c(-c4c(Cl)cccc4Cl)noc3C3CC3)cc2)c1. The molecule has 1 fully saturated rings. The lowest BCUT2D eigenvalue weighted by atomic mass is 10.0. The lowest BCUT2D eigenvalue weighted by Gasteiger charge is -2.10. The van der Waals surface area contributed by atoms with Gasteiger partial charge in [-0.1, -0.05) is 58.7 Å². The molecular weight excluding hydrogens is 461 g/mol. The Hall–Kier alpha value is -3.28. The van der Waals surface area contributed by atoms with Crippen LogP contribution < -0.4 is 4.74 Å². The van der Waals surface area contributed by atoms with Gasteiger partial charge in [-0.05, 0) is 60.4 Å². The molecule has 0 aliphatic heterocycles. The molecule has 166 valence electrons. The third-order valence-electron chi connectivity index (χ3n) is 5.65. The molecule has 0 bridgehead atoms. The minimum Gasteiger partial charge on any atom is -0.489 e. The van der Waals surface area contributed by atoms with E-state index in [1.54, 1.807) is 36.4 Å². The van der Waals surface area contributed by atoms with Crippen molar-refractivity contribution < 1.29 is 19.2 Å². The molecule has 0 radical (unpaired) electrons. The second kappa shape index (κ2) is 8.93. The van der Waals surface area contributed by atoms with Crippen molar-refractivity contribution in [2.75, 3.05) is 0 Å². The van der Waals surface area contributed by atoms with Crippen LogP contribution in [0.15, 0.2) is 71.3 Å². The van der Waals surface area contributed by atoms with Crippen LogP contribution in [0.1, 0.15) is 40.4 Å². The van der Waals surface area contributed by atoms with Gasteiger partial charge in [0.05, 0.1) is 21.2 Å². The Morgan fingerprint density at radius 2 is 1.70 bits per heavy atom. The molecule has 5 nitrogen and oxygen atoms in total. The van der Waals surface area contributed by atoms with Crippen molar-refractivity contribution in [3.8, 4) is 28.1 Å². The number of hydrogen-bond acceptors (Lipinski definition) is 4. The summed E-state index contributed by atoms with van der Waals surface area (Å²) in [5, 5.41) is 14.5. The second-order valence-electron chi connectivity index (χ2n) is 7.94. The van der Waals surface area contributed by atoms with E-state index in [-0.39, 0.29) is 12.2 Å². The van der Waals surface area contributed by atoms with Gasteiger partial charge in [0.15, 0.2) is 0 Å². The van der Waals surface area contributed by atoms with Gasteiger partial charge in [-0.2, -0.15) is 0 Å². The van der Waals surface area contributed by atoms with E-state index >= 15 is 0 Å². The largest absolute Gasteiger partial charge is 0.489 e. The van der Waals surface area contributed by atoms with Crippen molar-refractivity contribution in [3.63, 3.8) is 0 Å².